The number of fused-ring (bicyclic) bond motifs is 1. The molecule has 3 atom stereocenters. The molecule has 1 aromatic carbocycles. The van der Waals surface area contributed by atoms with Gasteiger partial charge in [0.05, 0.1) is 29.3 Å². The second-order valence-electron chi connectivity index (χ2n) is 8.74. The molecule has 0 bridgehead atoms. The van der Waals surface area contributed by atoms with E-state index in [1.165, 1.54) is 31.3 Å². The van der Waals surface area contributed by atoms with Gasteiger partial charge >= 0.3 is 6.18 Å². The van der Waals surface area contributed by atoms with Crippen LogP contribution in [-0.4, -0.2) is 32.3 Å². The number of alkyl halides is 3. The van der Waals surface area contributed by atoms with E-state index in [1.807, 2.05) is 0 Å². The Bertz CT molecular complexity index is 1410. The van der Waals surface area contributed by atoms with E-state index in [0.717, 1.165) is 6.07 Å². The lowest BCUT2D eigenvalue weighted by Gasteiger charge is -2.30. The Morgan fingerprint density at radius 3 is 2.71 bits per heavy atom. The number of aliphatic hydroxyl groups excluding tert-OH is 1. The van der Waals surface area contributed by atoms with E-state index in [4.69, 9.17) is 11.6 Å². The van der Waals surface area contributed by atoms with E-state index in [-0.39, 0.29) is 23.1 Å². The van der Waals surface area contributed by atoms with Gasteiger partial charge in [-0.3, -0.25) is 0 Å². The van der Waals surface area contributed by atoms with E-state index < -0.39 is 40.6 Å². The van der Waals surface area contributed by atoms with Crippen LogP contribution in [0.4, 0.5) is 23.4 Å². The number of aromatic nitrogens is 3. The molecule has 2 aliphatic rings. The molecule has 2 fully saturated rings. The summed E-state index contributed by atoms with van der Waals surface area (Å²) in [5.41, 5.74) is -1.22. The Labute approximate surface area is 202 Å². The predicted molar refractivity (Wildman–Crippen MR) is 120 cm³/mol. The van der Waals surface area contributed by atoms with Gasteiger partial charge in [0, 0.05) is 29.2 Å². The number of anilines is 1. The van der Waals surface area contributed by atoms with Gasteiger partial charge < -0.3 is 14.6 Å². The average Bonchev–Trinajstić information content (AvgIpc) is 3.17. The normalized spacial score (nSPS) is 23.4. The summed E-state index contributed by atoms with van der Waals surface area (Å²) >= 11 is 5.96. The number of hydrogen-bond donors (Lipinski definition) is 1. The van der Waals surface area contributed by atoms with Gasteiger partial charge in [-0.2, -0.15) is 18.4 Å². The molecular weight excluding hydrogens is 486 g/mol. The van der Waals surface area contributed by atoms with Crippen molar-refractivity contribution < 1.29 is 22.7 Å². The summed E-state index contributed by atoms with van der Waals surface area (Å²) in [6.45, 7) is 5.17. The molecule has 1 aliphatic heterocycles. The molecule has 180 valence electrons. The molecule has 6 nitrogen and oxygen atoms in total. The van der Waals surface area contributed by atoms with Gasteiger partial charge in [-0.05, 0) is 43.2 Å². The van der Waals surface area contributed by atoms with E-state index in [0.29, 0.717) is 23.5 Å². The van der Waals surface area contributed by atoms with Gasteiger partial charge in [-0.1, -0.05) is 18.2 Å². The van der Waals surface area contributed by atoms with Gasteiger partial charge in [0.1, 0.15) is 29.1 Å². The maximum Gasteiger partial charge on any atom is 0.417 e. The molecule has 5 rings (SSSR count). The van der Waals surface area contributed by atoms with Crippen molar-refractivity contribution in [2.45, 2.75) is 31.6 Å². The second kappa shape index (κ2) is 7.80. The van der Waals surface area contributed by atoms with Crippen molar-refractivity contribution in [3.8, 4) is 11.8 Å². The minimum Gasteiger partial charge on any atom is -0.395 e. The molecule has 0 unspecified atom stereocenters. The standard InChI is InChI=1S/C24H18ClF4N5O/c1-12-7-16(24(27,28)29)15(10-30)21(32-12)34-19(9-23(11-35)13(2)20(23)34)22-31-5-6-33(22)14-3-4-18(26)17(25)8-14/h3-8,19-20,35H,2,9,11H2,1H3/t19-,20+,23+/m0/s1. The fourth-order valence-corrected chi connectivity index (χ4v) is 5.28. The van der Waals surface area contributed by atoms with Crippen molar-refractivity contribution in [3.63, 3.8) is 0 Å². The monoisotopic (exact) mass is 503 g/mol. The van der Waals surface area contributed by atoms with Crippen LogP contribution in [0.25, 0.3) is 5.69 Å². The van der Waals surface area contributed by atoms with E-state index in [2.05, 4.69) is 16.5 Å². The minimum atomic E-state index is -4.76. The molecule has 3 heterocycles. The average molecular weight is 504 g/mol. The predicted octanol–water partition coefficient (Wildman–Crippen LogP) is 5.13. The van der Waals surface area contributed by atoms with Gasteiger partial charge in [0.2, 0.25) is 0 Å². The third-order valence-corrected chi connectivity index (χ3v) is 7.09. The minimum absolute atomic E-state index is 0.0893. The van der Waals surface area contributed by atoms with Crippen molar-refractivity contribution in [2.75, 3.05) is 11.5 Å². The zero-order valence-electron chi connectivity index (χ0n) is 18.3. The number of piperidine rings is 1. The molecule has 0 amide bonds. The maximum absolute atomic E-state index is 13.8. The first kappa shape index (κ1) is 23.3. The highest BCUT2D eigenvalue weighted by atomic mass is 35.5. The van der Waals surface area contributed by atoms with Crippen LogP contribution in [0.5, 0.6) is 0 Å². The van der Waals surface area contributed by atoms with Crippen LogP contribution in [0.2, 0.25) is 5.02 Å². The number of aryl methyl sites for hydroxylation is 1. The zero-order chi connectivity index (χ0) is 25.3. The third kappa shape index (κ3) is 3.41. The van der Waals surface area contributed by atoms with Crippen molar-refractivity contribution in [1.29, 1.82) is 5.26 Å². The number of nitrogens with zero attached hydrogens (tertiary/aromatic N) is 5. The number of benzene rings is 1. The fraction of sp³-hybridized carbons (Fsp3) is 0.292. The summed E-state index contributed by atoms with van der Waals surface area (Å²) in [6.07, 6.45) is -1.34. The Hall–Kier alpha value is -3.42. The first-order chi connectivity index (χ1) is 16.5. The summed E-state index contributed by atoms with van der Waals surface area (Å²) < 4.78 is 56.9. The summed E-state index contributed by atoms with van der Waals surface area (Å²) in [5.74, 6) is -0.324. The first-order valence-corrected chi connectivity index (χ1v) is 11.0. The number of aliphatic hydroxyl groups is 1. The molecule has 1 aliphatic carbocycles. The number of pyridine rings is 1. The lowest BCUT2D eigenvalue weighted by Crippen LogP contribution is -2.31. The Morgan fingerprint density at radius 2 is 2.09 bits per heavy atom. The van der Waals surface area contributed by atoms with E-state index in [1.54, 1.807) is 21.7 Å². The Morgan fingerprint density at radius 1 is 1.34 bits per heavy atom. The van der Waals surface area contributed by atoms with E-state index in [9.17, 15) is 27.9 Å². The molecule has 35 heavy (non-hydrogen) atoms. The van der Waals surface area contributed by atoms with Crippen molar-refractivity contribution >= 4 is 17.4 Å². The molecule has 1 N–H and O–H groups in total. The second-order valence-corrected chi connectivity index (χ2v) is 9.15. The van der Waals surface area contributed by atoms with Crippen molar-refractivity contribution in [3.05, 3.63) is 82.3 Å². The van der Waals surface area contributed by atoms with Crippen LogP contribution in [0.1, 0.15) is 35.1 Å². The van der Waals surface area contributed by atoms with E-state index >= 15 is 0 Å². The Kier molecular flexibility index (Phi) is 5.20. The number of hydrogen-bond acceptors (Lipinski definition) is 5. The molecule has 2 aromatic heterocycles. The number of halogens is 5. The molecular formula is C24H18ClF4N5O. The van der Waals surface area contributed by atoms with Crippen molar-refractivity contribution in [2.24, 2.45) is 5.41 Å². The van der Waals surface area contributed by atoms with Crippen LogP contribution in [-0.2, 0) is 6.18 Å². The van der Waals surface area contributed by atoms with Crippen LogP contribution in [0.3, 0.4) is 0 Å². The molecule has 3 aromatic rings. The number of imidazole rings is 1. The van der Waals surface area contributed by atoms with Crippen LogP contribution in [0.15, 0.2) is 48.8 Å². The fourth-order valence-electron chi connectivity index (χ4n) is 5.10. The van der Waals surface area contributed by atoms with Crippen LogP contribution < -0.4 is 4.90 Å². The smallest absolute Gasteiger partial charge is 0.395 e. The highest BCUT2D eigenvalue weighted by Crippen LogP contribution is 2.67. The van der Waals surface area contributed by atoms with Crippen LogP contribution >= 0.6 is 11.6 Å². The summed E-state index contributed by atoms with van der Waals surface area (Å²) in [5, 5.41) is 19.8. The highest BCUT2D eigenvalue weighted by Gasteiger charge is 2.69. The topological polar surface area (TPSA) is 78.0 Å². The van der Waals surface area contributed by atoms with Crippen molar-refractivity contribution in [1.82, 2.24) is 14.5 Å². The van der Waals surface area contributed by atoms with Gasteiger partial charge in [0.15, 0.2) is 0 Å². The molecule has 1 saturated carbocycles. The molecule has 0 spiro atoms. The highest BCUT2D eigenvalue weighted by molar-refractivity contribution is 6.30. The molecule has 0 radical (unpaired) electrons. The maximum atomic E-state index is 13.8. The Balaban J connectivity index is 1.70. The number of nitriles is 1. The summed E-state index contributed by atoms with van der Waals surface area (Å²) in [6, 6.07) is 5.46. The SMILES string of the molecule is C=C1[C@H]2N(c3nc(C)cc(C(F)(F)F)c3C#N)[C@H](c3nccn3-c3ccc(F)c(Cl)c3)C[C@@]12CO. The zero-order valence-corrected chi connectivity index (χ0v) is 19.1. The largest absolute Gasteiger partial charge is 0.417 e. The van der Waals surface area contributed by atoms with Gasteiger partial charge in [-0.25, -0.2) is 14.4 Å². The summed E-state index contributed by atoms with van der Waals surface area (Å²) in [7, 11) is 0. The lowest BCUT2D eigenvalue weighted by molar-refractivity contribution is -0.137. The molecule has 1 saturated heterocycles. The quantitative estimate of drug-likeness (QED) is 0.394. The third-order valence-electron chi connectivity index (χ3n) is 6.80. The van der Waals surface area contributed by atoms with Crippen LogP contribution in [0, 0.1) is 29.5 Å². The van der Waals surface area contributed by atoms with Gasteiger partial charge in [0.25, 0.3) is 0 Å². The molecule has 11 heteroatoms. The first-order valence-electron chi connectivity index (χ1n) is 10.6. The number of rotatable bonds is 4. The lowest BCUT2D eigenvalue weighted by atomic mass is 9.98. The van der Waals surface area contributed by atoms with Gasteiger partial charge in [-0.15, -0.1) is 0 Å². The summed E-state index contributed by atoms with van der Waals surface area (Å²) in [4.78, 5) is 10.4.